The summed E-state index contributed by atoms with van der Waals surface area (Å²) in [5.41, 5.74) is 0. The summed E-state index contributed by atoms with van der Waals surface area (Å²) in [6.07, 6.45) is 3.41. The van der Waals surface area contributed by atoms with Crippen LogP contribution in [0.25, 0.3) is 0 Å². The van der Waals surface area contributed by atoms with E-state index in [1.165, 1.54) is 21.5 Å². The predicted molar refractivity (Wildman–Crippen MR) is 70.1 cm³/mol. The summed E-state index contributed by atoms with van der Waals surface area (Å²) in [6.45, 7) is 6.28. The number of nitrogens with zero attached hydrogens (tertiary/aromatic N) is 2. The Hall–Kier alpha value is -0.170. The van der Waals surface area contributed by atoms with Crippen molar-refractivity contribution in [2.24, 2.45) is 0 Å². The number of nitrogens with one attached hydrogen (secondary N) is 1. The van der Waals surface area contributed by atoms with E-state index in [0.29, 0.717) is 25.7 Å². The Labute approximate surface area is 105 Å². The lowest BCUT2D eigenvalue weighted by atomic mass is 10.4. The maximum absolute atomic E-state index is 12.1. The Morgan fingerprint density at radius 3 is 2.29 bits per heavy atom. The summed E-state index contributed by atoms with van der Waals surface area (Å²) in [6, 6.07) is 0.694. The van der Waals surface area contributed by atoms with Gasteiger partial charge in [0.05, 0.1) is 0 Å². The van der Waals surface area contributed by atoms with E-state index in [9.17, 15) is 8.42 Å². The van der Waals surface area contributed by atoms with Gasteiger partial charge in [-0.25, -0.2) is 0 Å². The lowest BCUT2D eigenvalue weighted by Gasteiger charge is -2.25. The van der Waals surface area contributed by atoms with Gasteiger partial charge >= 0.3 is 0 Å². The van der Waals surface area contributed by atoms with Gasteiger partial charge in [0.25, 0.3) is 10.2 Å². The van der Waals surface area contributed by atoms with Gasteiger partial charge in [0.15, 0.2) is 0 Å². The van der Waals surface area contributed by atoms with E-state index < -0.39 is 10.2 Å². The summed E-state index contributed by atoms with van der Waals surface area (Å²) >= 11 is 0. The number of hydrogen-bond donors (Lipinski definition) is 1. The normalized spacial score (nSPS) is 17.0. The van der Waals surface area contributed by atoms with Gasteiger partial charge in [-0.2, -0.15) is 17.0 Å². The second-order valence-electron chi connectivity index (χ2n) is 4.50. The first-order chi connectivity index (χ1) is 8.02. The number of rotatable bonds is 9. The van der Waals surface area contributed by atoms with Gasteiger partial charge in [-0.05, 0) is 25.8 Å². The average Bonchev–Trinajstić information content (AvgIpc) is 3.09. The van der Waals surface area contributed by atoms with Gasteiger partial charge in [0.2, 0.25) is 0 Å². The monoisotopic (exact) mass is 263 g/mol. The van der Waals surface area contributed by atoms with Crippen LogP contribution >= 0.6 is 0 Å². The van der Waals surface area contributed by atoms with Gasteiger partial charge in [-0.3, -0.25) is 0 Å². The fourth-order valence-corrected chi connectivity index (χ4v) is 3.16. The van der Waals surface area contributed by atoms with Crippen molar-refractivity contribution in [3.63, 3.8) is 0 Å². The van der Waals surface area contributed by atoms with Gasteiger partial charge in [0.1, 0.15) is 0 Å². The SMILES string of the molecule is CCN(CC)S(=O)(=O)N(C)CCCNC1CC1. The van der Waals surface area contributed by atoms with Gasteiger partial charge in [-0.1, -0.05) is 13.8 Å². The minimum atomic E-state index is -3.25. The van der Waals surface area contributed by atoms with Gasteiger partial charge in [-0.15, -0.1) is 0 Å². The third-order valence-corrected chi connectivity index (χ3v) is 5.22. The molecule has 0 unspecified atom stereocenters. The zero-order valence-corrected chi connectivity index (χ0v) is 12.0. The highest BCUT2D eigenvalue weighted by Crippen LogP contribution is 2.18. The van der Waals surface area contributed by atoms with Crippen molar-refractivity contribution in [1.29, 1.82) is 0 Å². The summed E-state index contributed by atoms with van der Waals surface area (Å²) in [7, 11) is -1.59. The average molecular weight is 263 g/mol. The van der Waals surface area contributed by atoms with Crippen LogP contribution in [0.1, 0.15) is 33.1 Å². The lowest BCUT2D eigenvalue weighted by Crippen LogP contribution is -2.42. The Bertz CT molecular complexity index is 311. The van der Waals surface area contributed by atoms with Crippen molar-refractivity contribution in [3.05, 3.63) is 0 Å². The van der Waals surface area contributed by atoms with Crippen LogP contribution in [0.5, 0.6) is 0 Å². The van der Waals surface area contributed by atoms with Crippen LogP contribution in [0.15, 0.2) is 0 Å². The Morgan fingerprint density at radius 2 is 1.82 bits per heavy atom. The van der Waals surface area contributed by atoms with Crippen molar-refractivity contribution in [3.8, 4) is 0 Å². The Kier molecular flexibility index (Phi) is 5.85. The Balaban J connectivity index is 2.30. The van der Waals surface area contributed by atoms with Gasteiger partial charge < -0.3 is 5.32 Å². The molecule has 5 nitrogen and oxygen atoms in total. The standard InChI is InChI=1S/C11H25N3O2S/c1-4-14(5-2)17(15,16)13(3)10-6-9-12-11-7-8-11/h11-12H,4-10H2,1-3H3. The maximum atomic E-state index is 12.1. The predicted octanol–water partition coefficient (Wildman–Crippen LogP) is 0.647. The zero-order valence-electron chi connectivity index (χ0n) is 11.1. The third-order valence-electron chi connectivity index (χ3n) is 3.09. The van der Waals surface area contributed by atoms with E-state index in [1.807, 2.05) is 13.8 Å². The highest BCUT2D eigenvalue weighted by atomic mass is 32.2. The molecule has 1 rings (SSSR count). The van der Waals surface area contributed by atoms with Crippen molar-refractivity contribution >= 4 is 10.2 Å². The molecule has 0 aromatic heterocycles. The van der Waals surface area contributed by atoms with Crippen molar-refractivity contribution in [2.75, 3.05) is 33.2 Å². The van der Waals surface area contributed by atoms with Crippen molar-refractivity contribution in [2.45, 2.75) is 39.2 Å². The molecule has 17 heavy (non-hydrogen) atoms. The van der Waals surface area contributed by atoms with Crippen LogP contribution in [-0.4, -0.2) is 56.3 Å². The third kappa shape index (κ3) is 4.54. The van der Waals surface area contributed by atoms with Crippen molar-refractivity contribution < 1.29 is 8.42 Å². The highest BCUT2D eigenvalue weighted by molar-refractivity contribution is 7.86. The first-order valence-electron chi connectivity index (χ1n) is 6.47. The van der Waals surface area contributed by atoms with Crippen molar-refractivity contribution in [1.82, 2.24) is 13.9 Å². The summed E-state index contributed by atoms with van der Waals surface area (Å²) in [5, 5.41) is 3.39. The second kappa shape index (κ2) is 6.68. The van der Waals surface area contributed by atoms with E-state index >= 15 is 0 Å². The first-order valence-corrected chi connectivity index (χ1v) is 7.86. The molecule has 6 heteroatoms. The van der Waals surface area contributed by atoms with Crippen LogP contribution in [0, 0.1) is 0 Å². The van der Waals surface area contributed by atoms with Crippen LogP contribution in [0.4, 0.5) is 0 Å². The summed E-state index contributed by atoms with van der Waals surface area (Å²) in [4.78, 5) is 0. The van der Waals surface area contributed by atoms with Crippen LogP contribution in [-0.2, 0) is 10.2 Å². The van der Waals surface area contributed by atoms with E-state index in [2.05, 4.69) is 5.32 Å². The highest BCUT2D eigenvalue weighted by Gasteiger charge is 2.24. The smallest absolute Gasteiger partial charge is 0.281 e. The second-order valence-corrected chi connectivity index (χ2v) is 6.53. The molecule has 0 amide bonds. The van der Waals surface area contributed by atoms with E-state index in [0.717, 1.165) is 13.0 Å². The van der Waals surface area contributed by atoms with E-state index in [1.54, 1.807) is 7.05 Å². The summed E-state index contributed by atoms with van der Waals surface area (Å²) < 4.78 is 27.1. The fourth-order valence-electron chi connectivity index (χ4n) is 1.76. The first kappa shape index (κ1) is 14.9. The molecule has 0 radical (unpaired) electrons. The van der Waals surface area contributed by atoms with E-state index in [-0.39, 0.29) is 0 Å². The molecule has 0 aromatic rings. The molecule has 0 aliphatic heterocycles. The molecule has 1 fully saturated rings. The molecule has 1 aliphatic carbocycles. The van der Waals surface area contributed by atoms with E-state index in [4.69, 9.17) is 0 Å². The summed E-state index contributed by atoms with van der Waals surface area (Å²) in [5.74, 6) is 0. The minimum Gasteiger partial charge on any atom is -0.314 e. The molecule has 0 bridgehead atoms. The quantitative estimate of drug-likeness (QED) is 0.621. The molecule has 0 atom stereocenters. The lowest BCUT2D eigenvalue weighted by molar-refractivity contribution is 0.373. The van der Waals surface area contributed by atoms with Crippen LogP contribution in [0.2, 0.25) is 0 Å². The van der Waals surface area contributed by atoms with Crippen LogP contribution < -0.4 is 5.32 Å². The molecule has 1 N–H and O–H groups in total. The molecular weight excluding hydrogens is 238 g/mol. The number of hydrogen-bond acceptors (Lipinski definition) is 3. The maximum Gasteiger partial charge on any atom is 0.281 e. The molecule has 0 heterocycles. The zero-order chi connectivity index (χ0) is 12.9. The molecule has 1 saturated carbocycles. The molecular formula is C11H25N3O2S. The topological polar surface area (TPSA) is 52.7 Å². The minimum absolute atomic E-state index is 0.531. The largest absolute Gasteiger partial charge is 0.314 e. The molecule has 0 spiro atoms. The molecule has 1 aliphatic rings. The Morgan fingerprint density at radius 1 is 1.24 bits per heavy atom. The molecule has 0 aromatic carbocycles. The fraction of sp³-hybridized carbons (Fsp3) is 1.00. The molecule has 0 saturated heterocycles. The van der Waals surface area contributed by atoms with Gasteiger partial charge in [0, 0.05) is 32.7 Å². The molecule has 102 valence electrons. The van der Waals surface area contributed by atoms with Crippen LogP contribution in [0.3, 0.4) is 0 Å².